The Morgan fingerprint density at radius 3 is 2.38 bits per heavy atom. The van der Waals surface area contributed by atoms with E-state index in [1.54, 1.807) is 0 Å². The lowest BCUT2D eigenvalue weighted by Gasteiger charge is -2.16. The molecule has 0 saturated carbocycles. The third-order valence-corrected chi connectivity index (χ3v) is 4.65. The van der Waals surface area contributed by atoms with Gasteiger partial charge in [-0.3, -0.25) is 0 Å². The normalized spacial score (nSPS) is 14.9. The molecular formula is C18H18Cl2O. The lowest BCUT2D eigenvalue weighted by molar-refractivity contribution is 0.353. The van der Waals surface area contributed by atoms with Gasteiger partial charge in [-0.2, -0.15) is 0 Å². The fourth-order valence-corrected chi connectivity index (χ4v) is 3.27. The summed E-state index contributed by atoms with van der Waals surface area (Å²) in [4.78, 5) is 0. The van der Waals surface area contributed by atoms with Gasteiger partial charge in [-0.15, -0.1) is 11.6 Å². The quantitative estimate of drug-likeness (QED) is 0.656. The molecule has 2 aromatic carbocycles. The summed E-state index contributed by atoms with van der Waals surface area (Å²) < 4.78 is 5.75. The van der Waals surface area contributed by atoms with Gasteiger partial charge >= 0.3 is 0 Å². The number of benzene rings is 2. The molecule has 3 rings (SSSR count). The van der Waals surface area contributed by atoms with E-state index in [1.165, 1.54) is 5.56 Å². The number of rotatable bonds is 3. The second kappa shape index (κ2) is 5.90. The molecule has 0 amide bonds. The second-order valence-corrected chi connectivity index (χ2v) is 6.64. The zero-order valence-electron chi connectivity index (χ0n) is 12.2. The van der Waals surface area contributed by atoms with Crippen LogP contribution in [0.3, 0.4) is 0 Å². The van der Waals surface area contributed by atoms with Crippen LogP contribution in [0.5, 0.6) is 5.75 Å². The Kier molecular flexibility index (Phi) is 4.14. The molecule has 0 fully saturated rings. The molecule has 1 unspecified atom stereocenters. The van der Waals surface area contributed by atoms with Gasteiger partial charge in [0.2, 0.25) is 0 Å². The first-order chi connectivity index (χ1) is 10.1. The second-order valence-electron chi connectivity index (χ2n) is 5.77. The van der Waals surface area contributed by atoms with Crippen molar-refractivity contribution in [3.05, 3.63) is 63.7 Å². The summed E-state index contributed by atoms with van der Waals surface area (Å²) >= 11 is 12.9. The molecule has 1 aliphatic heterocycles. The number of ether oxygens (including phenoxy) is 1. The van der Waals surface area contributed by atoms with Crippen LogP contribution >= 0.6 is 23.2 Å². The van der Waals surface area contributed by atoms with Crippen molar-refractivity contribution in [2.75, 3.05) is 6.61 Å². The molecule has 1 heterocycles. The Labute approximate surface area is 135 Å². The summed E-state index contributed by atoms with van der Waals surface area (Å²) in [6.07, 6.45) is 0.902. The third-order valence-electron chi connectivity index (χ3n) is 3.95. The Balaban J connectivity index is 1.97. The van der Waals surface area contributed by atoms with Crippen molar-refractivity contribution in [2.45, 2.75) is 31.6 Å². The lowest BCUT2D eigenvalue weighted by atomic mass is 9.97. The van der Waals surface area contributed by atoms with Crippen LogP contribution in [0.25, 0.3) is 0 Å². The SMILES string of the molecule is CC(C)c1ccc(C(Cl)c2cc(Cl)cc3c2OCC3)cc1. The third kappa shape index (κ3) is 2.90. The standard InChI is InChI=1S/C18H18Cl2O/c1-11(2)12-3-5-13(6-4-12)17(20)16-10-15(19)9-14-7-8-21-18(14)16/h3-6,9-11,17H,7-8H2,1-2H3. The minimum absolute atomic E-state index is 0.239. The summed E-state index contributed by atoms with van der Waals surface area (Å²) in [6, 6.07) is 12.4. The van der Waals surface area contributed by atoms with Gasteiger partial charge < -0.3 is 4.74 Å². The van der Waals surface area contributed by atoms with E-state index in [-0.39, 0.29) is 5.38 Å². The maximum absolute atomic E-state index is 6.68. The van der Waals surface area contributed by atoms with Crippen LogP contribution in [0, 0.1) is 0 Å². The fourth-order valence-electron chi connectivity index (χ4n) is 2.72. The smallest absolute Gasteiger partial charge is 0.127 e. The van der Waals surface area contributed by atoms with E-state index in [1.807, 2.05) is 12.1 Å². The van der Waals surface area contributed by atoms with Crippen molar-refractivity contribution in [2.24, 2.45) is 0 Å². The average Bonchev–Trinajstić information content (AvgIpc) is 2.93. The van der Waals surface area contributed by atoms with E-state index >= 15 is 0 Å². The van der Waals surface area contributed by atoms with Crippen LogP contribution in [-0.2, 0) is 6.42 Å². The summed E-state index contributed by atoms with van der Waals surface area (Å²) in [7, 11) is 0. The fraction of sp³-hybridized carbons (Fsp3) is 0.333. The molecule has 1 aliphatic rings. The monoisotopic (exact) mass is 320 g/mol. The number of fused-ring (bicyclic) bond motifs is 1. The van der Waals surface area contributed by atoms with Crippen molar-refractivity contribution >= 4 is 23.2 Å². The summed E-state index contributed by atoms with van der Waals surface area (Å²) in [6.45, 7) is 5.08. The highest BCUT2D eigenvalue weighted by Crippen LogP contribution is 2.41. The first-order valence-corrected chi connectivity index (χ1v) is 8.06. The number of halogens is 2. The van der Waals surface area contributed by atoms with Gasteiger partial charge in [-0.25, -0.2) is 0 Å². The molecule has 1 nitrogen and oxygen atoms in total. The highest BCUT2D eigenvalue weighted by atomic mass is 35.5. The van der Waals surface area contributed by atoms with Crippen LogP contribution in [-0.4, -0.2) is 6.61 Å². The summed E-state index contributed by atoms with van der Waals surface area (Å²) in [5, 5.41) is 0.482. The Bertz CT molecular complexity index is 647. The van der Waals surface area contributed by atoms with Crippen LogP contribution in [0.2, 0.25) is 5.02 Å². The zero-order chi connectivity index (χ0) is 15.0. The van der Waals surface area contributed by atoms with Gasteiger partial charge in [0.1, 0.15) is 5.75 Å². The molecule has 2 aromatic rings. The highest BCUT2D eigenvalue weighted by molar-refractivity contribution is 6.31. The number of alkyl halides is 1. The molecule has 0 N–H and O–H groups in total. The molecule has 0 saturated heterocycles. The van der Waals surface area contributed by atoms with E-state index in [0.717, 1.165) is 33.9 Å². The molecule has 1 atom stereocenters. The Morgan fingerprint density at radius 1 is 1.05 bits per heavy atom. The van der Waals surface area contributed by atoms with E-state index in [2.05, 4.69) is 38.1 Å². The minimum atomic E-state index is -0.239. The number of hydrogen-bond acceptors (Lipinski definition) is 1. The first kappa shape index (κ1) is 14.7. The topological polar surface area (TPSA) is 9.23 Å². The number of hydrogen-bond donors (Lipinski definition) is 0. The minimum Gasteiger partial charge on any atom is -0.493 e. The highest BCUT2D eigenvalue weighted by Gasteiger charge is 2.23. The summed E-state index contributed by atoms with van der Waals surface area (Å²) in [5.74, 6) is 1.43. The van der Waals surface area contributed by atoms with Crippen molar-refractivity contribution in [1.82, 2.24) is 0 Å². The molecule has 3 heteroatoms. The van der Waals surface area contributed by atoms with Gasteiger partial charge in [0.05, 0.1) is 12.0 Å². The Hall–Kier alpha value is -1.18. The molecule has 0 bridgehead atoms. The van der Waals surface area contributed by atoms with Crippen LogP contribution < -0.4 is 4.74 Å². The van der Waals surface area contributed by atoms with Crippen LogP contribution in [0.1, 0.15) is 47.4 Å². The largest absolute Gasteiger partial charge is 0.493 e. The van der Waals surface area contributed by atoms with Crippen molar-refractivity contribution in [3.63, 3.8) is 0 Å². The maximum Gasteiger partial charge on any atom is 0.127 e. The molecular weight excluding hydrogens is 303 g/mol. The van der Waals surface area contributed by atoms with E-state index in [4.69, 9.17) is 27.9 Å². The van der Waals surface area contributed by atoms with E-state index in [9.17, 15) is 0 Å². The molecule has 21 heavy (non-hydrogen) atoms. The van der Waals surface area contributed by atoms with Crippen molar-refractivity contribution in [3.8, 4) is 5.75 Å². The van der Waals surface area contributed by atoms with Crippen molar-refractivity contribution < 1.29 is 4.74 Å². The predicted molar refractivity (Wildman–Crippen MR) is 88.9 cm³/mol. The molecule has 110 valence electrons. The Morgan fingerprint density at radius 2 is 1.71 bits per heavy atom. The van der Waals surface area contributed by atoms with Gasteiger partial charge in [0, 0.05) is 17.0 Å². The predicted octanol–water partition coefficient (Wildman–Crippen LogP) is 5.73. The van der Waals surface area contributed by atoms with Gasteiger partial charge in [0.15, 0.2) is 0 Å². The maximum atomic E-state index is 6.68. The molecule has 0 aromatic heterocycles. The zero-order valence-corrected chi connectivity index (χ0v) is 13.7. The first-order valence-electron chi connectivity index (χ1n) is 7.25. The molecule has 0 spiro atoms. The van der Waals surface area contributed by atoms with Crippen LogP contribution in [0.4, 0.5) is 0 Å². The van der Waals surface area contributed by atoms with Gasteiger partial charge in [-0.1, -0.05) is 49.7 Å². The van der Waals surface area contributed by atoms with Crippen molar-refractivity contribution in [1.29, 1.82) is 0 Å². The van der Waals surface area contributed by atoms with E-state index in [0.29, 0.717) is 12.5 Å². The molecule has 0 radical (unpaired) electrons. The molecule has 0 aliphatic carbocycles. The van der Waals surface area contributed by atoms with Gasteiger partial charge in [-0.05, 0) is 34.7 Å². The van der Waals surface area contributed by atoms with Crippen LogP contribution in [0.15, 0.2) is 36.4 Å². The van der Waals surface area contributed by atoms with Gasteiger partial charge in [0.25, 0.3) is 0 Å². The average molecular weight is 321 g/mol. The van der Waals surface area contributed by atoms with E-state index < -0.39 is 0 Å². The lowest BCUT2D eigenvalue weighted by Crippen LogP contribution is -1.98. The summed E-state index contributed by atoms with van der Waals surface area (Å²) in [5.41, 5.74) is 4.51.